The maximum absolute atomic E-state index is 5.59. The zero-order valence-electron chi connectivity index (χ0n) is 10.1. The topological polar surface area (TPSA) is 51.4 Å². The predicted molar refractivity (Wildman–Crippen MR) is 66.3 cm³/mol. The molecule has 1 aromatic heterocycles. The van der Waals surface area contributed by atoms with Gasteiger partial charge >= 0.3 is 0 Å². The van der Waals surface area contributed by atoms with Gasteiger partial charge in [-0.05, 0) is 18.7 Å². The molecule has 4 nitrogen and oxygen atoms in total. The van der Waals surface area contributed by atoms with Crippen LogP contribution >= 0.6 is 0 Å². The van der Waals surface area contributed by atoms with E-state index in [0.29, 0.717) is 0 Å². The summed E-state index contributed by atoms with van der Waals surface area (Å²) in [4.78, 5) is 6.63. The van der Waals surface area contributed by atoms with E-state index in [1.54, 1.807) is 13.3 Å². The SMILES string of the molecule is CCN(CCOC)CCc1ccc(N)cn1. The molecule has 0 saturated heterocycles. The number of rotatable bonds is 7. The van der Waals surface area contributed by atoms with E-state index in [4.69, 9.17) is 10.5 Å². The summed E-state index contributed by atoms with van der Waals surface area (Å²) >= 11 is 0. The first kappa shape index (κ1) is 12.9. The molecule has 0 atom stereocenters. The first-order valence-corrected chi connectivity index (χ1v) is 5.68. The molecule has 0 unspecified atom stereocenters. The van der Waals surface area contributed by atoms with Crippen molar-refractivity contribution in [1.82, 2.24) is 9.88 Å². The number of hydrogen-bond donors (Lipinski definition) is 1. The summed E-state index contributed by atoms with van der Waals surface area (Å²) < 4.78 is 5.07. The second kappa shape index (κ2) is 7.19. The molecule has 0 saturated carbocycles. The molecule has 0 aromatic carbocycles. The molecule has 0 radical (unpaired) electrons. The Bertz CT molecular complexity index is 287. The lowest BCUT2D eigenvalue weighted by molar-refractivity contribution is 0.151. The van der Waals surface area contributed by atoms with Gasteiger partial charge < -0.3 is 15.4 Å². The lowest BCUT2D eigenvalue weighted by Gasteiger charge is -2.19. The van der Waals surface area contributed by atoms with Gasteiger partial charge in [0.1, 0.15) is 0 Å². The van der Waals surface area contributed by atoms with Crippen LogP contribution in [-0.4, -0.2) is 43.2 Å². The van der Waals surface area contributed by atoms with Crippen molar-refractivity contribution in [2.75, 3.05) is 39.1 Å². The summed E-state index contributed by atoms with van der Waals surface area (Å²) in [6.07, 6.45) is 2.67. The molecule has 0 aliphatic heterocycles. The highest BCUT2D eigenvalue weighted by molar-refractivity contribution is 5.34. The Balaban J connectivity index is 2.34. The van der Waals surface area contributed by atoms with Gasteiger partial charge in [0, 0.05) is 32.3 Å². The fourth-order valence-corrected chi connectivity index (χ4v) is 1.50. The van der Waals surface area contributed by atoms with E-state index in [9.17, 15) is 0 Å². The Morgan fingerprint density at radius 1 is 1.38 bits per heavy atom. The van der Waals surface area contributed by atoms with Crippen molar-refractivity contribution in [3.63, 3.8) is 0 Å². The number of nitrogen functional groups attached to an aromatic ring is 1. The monoisotopic (exact) mass is 223 g/mol. The summed E-state index contributed by atoms with van der Waals surface area (Å²) in [6.45, 7) is 5.96. The summed E-state index contributed by atoms with van der Waals surface area (Å²) in [5, 5.41) is 0. The van der Waals surface area contributed by atoms with E-state index in [1.807, 2.05) is 12.1 Å². The minimum absolute atomic E-state index is 0.718. The summed E-state index contributed by atoms with van der Waals surface area (Å²) in [7, 11) is 1.73. The van der Waals surface area contributed by atoms with Gasteiger partial charge in [-0.25, -0.2) is 0 Å². The van der Waals surface area contributed by atoms with Crippen LogP contribution in [0.1, 0.15) is 12.6 Å². The standard InChI is InChI=1S/C12H21N3O/c1-3-15(8-9-16-2)7-6-12-5-4-11(13)10-14-12/h4-5,10H,3,6-9,13H2,1-2H3. The van der Waals surface area contributed by atoms with Crippen LogP contribution in [0.3, 0.4) is 0 Å². The number of methoxy groups -OCH3 is 1. The number of nitrogens with two attached hydrogens (primary N) is 1. The Morgan fingerprint density at radius 2 is 2.19 bits per heavy atom. The number of aromatic nitrogens is 1. The first-order valence-electron chi connectivity index (χ1n) is 5.68. The van der Waals surface area contributed by atoms with Gasteiger partial charge in [0.05, 0.1) is 18.5 Å². The average molecular weight is 223 g/mol. The van der Waals surface area contributed by atoms with Gasteiger partial charge in [0.2, 0.25) is 0 Å². The Hall–Kier alpha value is -1.13. The third-order valence-electron chi connectivity index (χ3n) is 2.59. The number of hydrogen-bond acceptors (Lipinski definition) is 4. The third-order valence-corrected chi connectivity index (χ3v) is 2.59. The van der Waals surface area contributed by atoms with Crippen molar-refractivity contribution in [3.8, 4) is 0 Å². The molecule has 0 bridgehead atoms. The number of anilines is 1. The number of likely N-dealkylation sites (N-methyl/N-ethyl adjacent to an activating group) is 1. The van der Waals surface area contributed by atoms with Crippen LogP contribution in [0.5, 0.6) is 0 Å². The highest BCUT2D eigenvalue weighted by atomic mass is 16.5. The molecule has 0 aliphatic rings. The van der Waals surface area contributed by atoms with Gasteiger partial charge in [0.25, 0.3) is 0 Å². The fraction of sp³-hybridized carbons (Fsp3) is 0.583. The Kier molecular flexibility index (Phi) is 5.82. The Morgan fingerprint density at radius 3 is 2.75 bits per heavy atom. The van der Waals surface area contributed by atoms with E-state index in [-0.39, 0.29) is 0 Å². The third kappa shape index (κ3) is 4.59. The maximum Gasteiger partial charge on any atom is 0.0589 e. The van der Waals surface area contributed by atoms with Crippen LogP contribution in [-0.2, 0) is 11.2 Å². The van der Waals surface area contributed by atoms with Crippen molar-refractivity contribution in [2.24, 2.45) is 0 Å². The van der Waals surface area contributed by atoms with Gasteiger partial charge in [-0.1, -0.05) is 6.92 Å². The van der Waals surface area contributed by atoms with Gasteiger partial charge in [0.15, 0.2) is 0 Å². The quantitative estimate of drug-likeness (QED) is 0.754. The van der Waals surface area contributed by atoms with Crippen LogP contribution < -0.4 is 5.73 Å². The van der Waals surface area contributed by atoms with Crippen molar-refractivity contribution < 1.29 is 4.74 Å². The minimum Gasteiger partial charge on any atom is -0.397 e. The van der Waals surface area contributed by atoms with Crippen LogP contribution in [0.15, 0.2) is 18.3 Å². The second-order valence-corrected chi connectivity index (χ2v) is 3.76. The molecule has 0 amide bonds. The fourth-order valence-electron chi connectivity index (χ4n) is 1.50. The van der Waals surface area contributed by atoms with Crippen LogP contribution in [0.25, 0.3) is 0 Å². The number of ether oxygens (including phenoxy) is 1. The van der Waals surface area contributed by atoms with Gasteiger partial charge in [-0.15, -0.1) is 0 Å². The number of nitrogens with zero attached hydrogens (tertiary/aromatic N) is 2. The second-order valence-electron chi connectivity index (χ2n) is 3.76. The minimum atomic E-state index is 0.718. The zero-order chi connectivity index (χ0) is 11.8. The summed E-state index contributed by atoms with van der Waals surface area (Å²) in [6, 6.07) is 3.88. The highest BCUT2D eigenvalue weighted by Crippen LogP contribution is 2.02. The van der Waals surface area contributed by atoms with Crippen LogP contribution in [0.2, 0.25) is 0 Å². The normalized spacial score (nSPS) is 10.9. The largest absolute Gasteiger partial charge is 0.397 e. The summed E-state index contributed by atoms with van der Waals surface area (Å²) in [5.74, 6) is 0. The number of pyridine rings is 1. The van der Waals surface area contributed by atoms with Crippen LogP contribution in [0, 0.1) is 0 Å². The zero-order valence-corrected chi connectivity index (χ0v) is 10.1. The molecule has 1 rings (SSSR count). The van der Waals surface area contributed by atoms with E-state index in [2.05, 4.69) is 16.8 Å². The maximum atomic E-state index is 5.59. The molecule has 0 spiro atoms. The molecular formula is C12H21N3O. The van der Waals surface area contributed by atoms with E-state index < -0.39 is 0 Å². The molecule has 0 fully saturated rings. The van der Waals surface area contributed by atoms with Crippen LogP contribution in [0.4, 0.5) is 5.69 Å². The lowest BCUT2D eigenvalue weighted by atomic mass is 10.2. The molecule has 2 N–H and O–H groups in total. The molecule has 1 aromatic rings. The van der Waals surface area contributed by atoms with Gasteiger partial charge in [-0.3, -0.25) is 4.98 Å². The van der Waals surface area contributed by atoms with Crippen molar-refractivity contribution in [3.05, 3.63) is 24.0 Å². The van der Waals surface area contributed by atoms with E-state index in [0.717, 1.165) is 44.0 Å². The smallest absolute Gasteiger partial charge is 0.0589 e. The van der Waals surface area contributed by atoms with Gasteiger partial charge in [-0.2, -0.15) is 0 Å². The van der Waals surface area contributed by atoms with Crippen molar-refractivity contribution in [2.45, 2.75) is 13.3 Å². The molecule has 16 heavy (non-hydrogen) atoms. The highest BCUT2D eigenvalue weighted by Gasteiger charge is 2.02. The summed E-state index contributed by atoms with van der Waals surface area (Å²) in [5.41, 5.74) is 7.39. The Labute approximate surface area is 97.4 Å². The van der Waals surface area contributed by atoms with E-state index >= 15 is 0 Å². The molecule has 90 valence electrons. The first-order chi connectivity index (χ1) is 7.76. The molecule has 0 aliphatic carbocycles. The molecule has 4 heteroatoms. The average Bonchev–Trinajstić information content (AvgIpc) is 2.32. The molecule has 1 heterocycles. The van der Waals surface area contributed by atoms with E-state index in [1.165, 1.54) is 0 Å². The molecular weight excluding hydrogens is 202 g/mol. The van der Waals surface area contributed by atoms with Crippen molar-refractivity contribution in [1.29, 1.82) is 0 Å². The van der Waals surface area contributed by atoms with Crippen molar-refractivity contribution >= 4 is 5.69 Å². The lowest BCUT2D eigenvalue weighted by Crippen LogP contribution is -2.29. The predicted octanol–water partition coefficient (Wildman–Crippen LogP) is 1.17.